The Bertz CT molecular complexity index is 1030. The van der Waals surface area contributed by atoms with E-state index in [1.807, 2.05) is 36.4 Å². The van der Waals surface area contributed by atoms with Crippen LogP contribution in [-0.4, -0.2) is 22.4 Å². The molecule has 0 bridgehead atoms. The molecule has 1 aliphatic carbocycles. The molecule has 0 unspecified atom stereocenters. The molecule has 0 saturated heterocycles. The topological polar surface area (TPSA) is 54.9 Å². The third kappa shape index (κ3) is 4.30. The van der Waals surface area contributed by atoms with Gasteiger partial charge in [-0.15, -0.1) is 0 Å². The second-order valence-corrected chi connectivity index (χ2v) is 7.99. The van der Waals surface area contributed by atoms with E-state index in [1.165, 1.54) is 24.8 Å². The number of amides is 1. The van der Waals surface area contributed by atoms with Crippen molar-refractivity contribution in [3.8, 4) is 11.3 Å². The summed E-state index contributed by atoms with van der Waals surface area (Å²) in [5, 5.41) is 3.94. The number of aromatic nitrogens is 2. The first kappa shape index (κ1) is 18.8. The van der Waals surface area contributed by atoms with Gasteiger partial charge in [-0.3, -0.25) is 9.78 Å². The van der Waals surface area contributed by atoms with Gasteiger partial charge in [0.05, 0.1) is 16.8 Å². The largest absolute Gasteiger partial charge is 0.352 e. The molecule has 5 heteroatoms. The number of rotatable bonds is 5. The van der Waals surface area contributed by atoms with Gasteiger partial charge in [0.2, 0.25) is 0 Å². The van der Waals surface area contributed by atoms with Crippen LogP contribution in [0.25, 0.3) is 22.2 Å². The molecule has 0 aliphatic heterocycles. The Morgan fingerprint density at radius 1 is 1.18 bits per heavy atom. The van der Waals surface area contributed by atoms with Gasteiger partial charge in [0.1, 0.15) is 0 Å². The van der Waals surface area contributed by atoms with Gasteiger partial charge in [-0.05, 0) is 68.5 Å². The maximum atomic E-state index is 13.0. The molecule has 3 aromatic rings. The highest BCUT2D eigenvalue weighted by Gasteiger charge is 2.15. The van der Waals surface area contributed by atoms with Crippen molar-refractivity contribution in [3.63, 3.8) is 0 Å². The number of pyridine rings is 2. The van der Waals surface area contributed by atoms with Gasteiger partial charge in [0, 0.05) is 34.4 Å². The molecule has 0 spiro atoms. The maximum Gasteiger partial charge on any atom is 0.252 e. The summed E-state index contributed by atoms with van der Waals surface area (Å²) in [6.07, 6.45) is 11.6. The number of fused-ring (bicyclic) bond motifs is 1. The summed E-state index contributed by atoms with van der Waals surface area (Å²) in [5.74, 6) is -0.0629. The van der Waals surface area contributed by atoms with Gasteiger partial charge in [-0.1, -0.05) is 27.6 Å². The molecule has 0 radical (unpaired) electrons. The second-order valence-electron chi connectivity index (χ2n) is 7.07. The monoisotopic (exact) mass is 435 g/mol. The second kappa shape index (κ2) is 8.65. The van der Waals surface area contributed by atoms with Crippen molar-refractivity contribution in [2.75, 3.05) is 6.54 Å². The summed E-state index contributed by atoms with van der Waals surface area (Å²) in [6.45, 7) is 0.657. The van der Waals surface area contributed by atoms with Crippen molar-refractivity contribution in [1.29, 1.82) is 0 Å². The van der Waals surface area contributed by atoms with E-state index < -0.39 is 0 Å². The van der Waals surface area contributed by atoms with Crippen LogP contribution in [-0.2, 0) is 0 Å². The fraction of sp³-hybridized carbons (Fsp3) is 0.261. The minimum atomic E-state index is -0.0629. The Labute approximate surface area is 173 Å². The summed E-state index contributed by atoms with van der Waals surface area (Å²) in [4.78, 5) is 21.9. The Morgan fingerprint density at radius 3 is 2.89 bits per heavy atom. The Balaban J connectivity index is 1.62. The fourth-order valence-electron chi connectivity index (χ4n) is 3.61. The molecule has 28 heavy (non-hydrogen) atoms. The van der Waals surface area contributed by atoms with E-state index >= 15 is 0 Å². The van der Waals surface area contributed by atoms with Crippen molar-refractivity contribution < 1.29 is 4.79 Å². The predicted molar refractivity (Wildman–Crippen MR) is 116 cm³/mol. The van der Waals surface area contributed by atoms with Crippen LogP contribution in [0.1, 0.15) is 42.5 Å². The van der Waals surface area contributed by atoms with Crippen molar-refractivity contribution in [3.05, 3.63) is 70.5 Å². The first-order chi connectivity index (χ1) is 13.7. The summed E-state index contributed by atoms with van der Waals surface area (Å²) in [6, 6.07) is 11.5. The molecule has 0 atom stereocenters. The van der Waals surface area contributed by atoms with Gasteiger partial charge >= 0.3 is 0 Å². The average molecular weight is 436 g/mol. The summed E-state index contributed by atoms with van der Waals surface area (Å²) < 4.78 is 0.928. The number of allylic oxidation sites excluding steroid dienone is 1. The summed E-state index contributed by atoms with van der Waals surface area (Å²) >= 11 is 3.51. The lowest BCUT2D eigenvalue weighted by atomic mass is 9.97. The molecule has 1 amide bonds. The molecule has 142 valence electrons. The number of hydrogen-bond donors (Lipinski definition) is 1. The molecule has 4 rings (SSSR count). The van der Waals surface area contributed by atoms with Gasteiger partial charge in [-0.2, -0.15) is 0 Å². The first-order valence-electron chi connectivity index (χ1n) is 9.67. The Kier molecular flexibility index (Phi) is 5.81. The van der Waals surface area contributed by atoms with E-state index in [-0.39, 0.29) is 5.91 Å². The van der Waals surface area contributed by atoms with Crippen molar-refractivity contribution >= 4 is 32.7 Å². The van der Waals surface area contributed by atoms with E-state index in [2.05, 4.69) is 32.3 Å². The van der Waals surface area contributed by atoms with Crippen LogP contribution in [0.2, 0.25) is 0 Å². The van der Waals surface area contributed by atoms with Gasteiger partial charge in [0.15, 0.2) is 0 Å². The van der Waals surface area contributed by atoms with Crippen LogP contribution in [0, 0.1) is 0 Å². The molecule has 1 N–H and O–H groups in total. The van der Waals surface area contributed by atoms with Gasteiger partial charge < -0.3 is 5.32 Å². The minimum absolute atomic E-state index is 0.0629. The zero-order valence-electron chi connectivity index (χ0n) is 15.6. The van der Waals surface area contributed by atoms with E-state index in [4.69, 9.17) is 4.98 Å². The molecule has 0 fully saturated rings. The summed E-state index contributed by atoms with van der Waals surface area (Å²) in [7, 11) is 0. The Hall–Kier alpha value is -2.53. The highest BCUT2D eigenvalue weighted by Crippen LogP contribution is 2.27. The highest BCUT2D eigenvalue weighted by molar-refractivity contribution is 9.10. The quantitative estimate of drug-likeness (QED) is 0.524. The number of carbonyl (C=O) groups excluding carboxylic acids is 1. The predicted octanol–water partition coefficient (Wildman–Crippen LogP) is 5.68. The summed E-state index contributed by atoms with van der Waals surface area (Å²) in [5.41, 5.74) is 4.55. The van der Waals surface area contributed by atoms with Crippen LogP contribution in [0.5, 0.6) is 0 Å². The zero-order chi connectivity index (χ0) is 19.3. The molecule has 2 heterocycles. The minimum Gasteiger partial charge on any atom is -0.352 e. The normalized spacial score (nSPS) is 14.0. The number of nitrogens with zero attached hydrogens (tertiary/aromatic N) is 2. The van der Waals surface area contributed by atoms with Gasteiger partial charge in [0.25, 0.3) is 5.91 Å². The van der Waals surface area contributed by atoms with Crippen LogP contribution >= 0.6 is 15.9 Å². The molecule has 4 nitrogen and oxygen atoms in total. The number of nitrogens with one attached hydrogen (secondary N) is 1. The van der Waals surface area contributed by atoms with Crippen molar-refractivity contribution in [2.24, 2.45) is 0 Å². The number of halogens is 1. The maximum absolute atomic E-state index is 13.0. The molecular weight excluding hydrogens is 414 g/mol. The number of hydrogen-bond acceptors (Lipinski definition) is 3. The van der Waals surface area contributed by atoms with E-state index in [1.54, 1.807) is 12.4 Å². The van der Waals surface area contributed by atoms with Crippen LogP contribution in [0.3, 0.4) is 0 Å². The average Bonchev–Trinajstić information content (AvgIpc) is 2.74. The number of carbonyl (C=O) groups is 1. The number of benzene rings is 1. The highest BCUT2D eigenvalue weighted by atomic mass is 79.9. The lowest BCUT2D eigenvalue weighted by Crippen LogP contribution is -2.25. The lowest BCUT2D eigenvalue weighted by Gasteiger charge is -2.14. The van der Waals surface area contributed by atoms with Crippen molar-refractivity contribution in [1.82, 2.24) is 15.3 Å². The molecule has 2 aromatic heterocycles. The molecular formula is C23H22BrN3O. The molecule has 1 aromatic carbocycles. The Morgan fingerprint density at radius 2 is 2.11 bits per heavy atom. The zero-order valence-corrected chi connectivity index (χ0v) is 17.2. The SMILES string of the molecule is O=C(NCCC1=CCCCC1)c1cc(-c2cccnc2)nc2ccc(Br)cc12. The van der Waals surface area contributed by atoms with E-state index in [9.17, 15) is 4.79 Å². The molecule has 0 saturated carbocycles. The van der Waals surface area contributed by atoms with Gasteiger partial charge in [-0.25, -0.2) is 4.98 Å². The smallest absolute Gasteiger partial charge is 0.252 e. The third-order valence-electron chi connectivity index (χ3n) is 5.09. The molecule has 1 aliphatic rings. The lowest BCUT2D eigenvalue weighted by molar-refractivity contribution is 0.0955. The standard InChI is InChI=1S/C23H22BrN3O/c24-18-8-9-21-19(13-18)20(14-22(27-21)17-7-4-11-25-15-17)23(28)26-12-10-16-5-2-1-3-6-16/h4-5,7-9,11,13-15H,1-3,6,10,12H2,(H,26,28). The van der Waals surface area contributed by atoms with E-state index in [0.717, 1.165) is 39.5 Å². The van der Waals surface area contributed by atoms with Crippen LogP contribution in [0.4, 0.5) is 0 Å². The van der Waals surface area contributed by atoms with Crippen LogP contribution in [0.15, 0.2) is 64.9 Å². The van der Waals surface area contributed by atoms with E-state index in [0.29, 0.717) is 12.1 Å². The van der Waals surface area contributed by atoms with Crippen molar-refractivity contribution in [2.45, 2.75) is 32.1 Å². The third-order valence-corrected chi connectivity index (χ3v) is 5.58. The van der Waals surface area contributed by atoms with Crippen LogP contribution < -0.4 is 5.32 Å². The first-order valence-corrected chi connectivity index (χ1v) is 10.5. The fourth-order valence-corrected chi connectivity index (χ4v) is 3.97.